The van der Waals surface area contributed by atoms with Crippen molar-refractivity contribution in [1.29, 1.82) is 0 Å². The SMILES string of the molecule is O=C(CCc1nccs1)NC1CCCCCCC1C(=O)O. The van der Waals surface area contributed by atoms with Crippen LogP contribution >= 0.6 is 11.3 Å². The summed E-state index contributed by atoms with van der Waals surface area (Å²) in [6.45, 7) is 0. The minimum Gasteiger partial charge on any atom is -0.481 e. The number of carboxylic acids is 1. The van der Waals surface area contributed by atoms with Gasteiger partial charge in [-0.15, -0.1) is 11.3 Å². The van der Waals surface area contributed by atoms with Gasteiger partial charge in [-0.25, -0.2) is 4.98 Å². The molecule has 2 N–H and O–H groups in total. The molecule has 2 rings (SSSR count). The monoisotopic (exact) mass is 310 g/mol. The summed E-state index contributed by atoms with van der Waals surface area (Å²) in [7, 11) is 0. The highest BCUT2D eigenvalue weighted by Crippen LogP contribution is 2.23. The van der Waals surface area contributed by atoms with Crippen LogP contribution in [-0.4, -0.2) is 28.0 Å². The first-order valence-electron chi connectivity index (χ1n) is 7.57. The number of aromatic nitrogens is 1. The van der Waals surface area contributed by atoms with E-state index in [9.17, 15) is 14.7 Å². The second-order valence-corrected chi connectivity index (χ2v) is 6.52. The van der Waals surface area contributed by atoms with Gasteiger partial charge in [-0.2, -0.15) is 0 Å². The molecule has 1 fully saturated rings. The van der Waals surface area contributed by atoms with Crippen LogP contribution in [0.1, 0.15) is 50.0 Å². The van der Waals surface area contributed by atoms with Gasteiger partial charge >= 0.3 is 5.97 Å². The van der Waals surface area contributed by atoms with Crippen molar-refractivity contribution in [3.63, 3.8) is 0 Å². The zero-order valence-corrected chi connectivity index (χ0v) is 12.9. The van der Waals surface area contributed by atoms with E-state index in [1.807, 2.05) is 5.38 Å². The lowest BCUT2D eigenvalue weighted by molar-refractivity contribution is -0.143. The van der Waals surface area contributed by atoms with Crippen molar-refractivity contribution < 1.29 is 14.7 Å². The van der Waals surface area contributed by atoms with Crippen molar-refractivity contribution in [2.24, 2.45) is 5.92 Å². The summed E-state index contributed by atoms with van der Waals surface area (Å²) in [5.74, 6) is -1.31. The molecule has 0 spiro atoms. The first-order chi connectivity index (χ1) is 10.2. The van der Waals surface area contributed by atoms with Gasteiger partial charge in [-0.1, -0.05) is 25.7 Å². The highest BCUT2D eigenvalue weighted by molar-refractivity contribution is 7.09. The molecule has 1 saturated carbocycles. The lowest BCUT2D eigenvalue weighted by Crippen LogP contribution is -2.44. The van der Waals surface area contributed by atoms with Gasteiger partial charge in [0, 0.05) is 30.5 Å². The van der Waals surface area contributed by atoms with Gasteiger partial charge in [0.25, 0.3) is 0 Å². The summed E-state index contributed by atoms with van der Waals surface area (Å²) in [6, 6.07) is -0.230. The van der Waals surface area contributed by atoms with Gasteiger partial charge in [0.2, 0.25) is 5.91 Å². The molecule has 0 aliphatic heterocycles. The largest absolute Gasteiger partial charge is 0.481 e. The molecule has 0 bridgehead atoms. The molecule has 5 nitrogen and oxygen atoms in total. The average molecular weight is 310 g/mol. The number of aryl methyl sites for hydroxylation is 1. The highest BCUT2D eigenvalue weighted by Gasteiger charge is 2.29. The Bertz CT molecular complexity index is 461. The van der Waals surface area contributed by atoms with E-state index in [1.165, 1.54) is 11.3 Å². The van der Waals surface area contributed by atoms with Crippen LogP contribution in [0.5, 0.6) is 0 Å². The van der Waals surface area contributed by atoms with Crippen molar-refractivity contribution in [3.05, 3.63) is 16.6 Å². The molecule has 0 radical (unpaired) electrons. The Balaban J connectivity index is 1.87. The zero-order valence-electron chi connectivity index (χ0n) is 12.1. The quantitative estimate of drug-likeness (QED) is 0.876. The number of nitrogens with zero attached hydrogens (tertiary/aromatic N) is 1. The first-order valence-corrected chi connectivity index (χ1v) is 8.45. The number of amides is 1. The van der Waals surface area contributed by atoms with Crippen molar-refractivity contribution in [2.45, 2.75) is 57.4 Å². The maximum atomic E-state index is 12.0. The van der Waals surface area contributed by atoms with E-state index in [0.717, 1.165) is 37.1 Å². The van der Waals surface area contributed by atoms with Crippen molar-refractivity contribution in [1.82, 2.24) is 10.3 Å². The summed E-state index contributed by atoms with van der Waals surface area (Å²) in [5, 5.41) is 15.1. The molecule has 2 atom stereocenters. The van der Waals surface area contributed by atoms with Gasteiger partial charge in [-0.3, -0.25) is 9.59 Å². The number of aliphatic carboxylic acids is 1. The van der Waals surface area contributed by atoms with E-state index in [2.05, 4.69) is 10.3 Å². The lowest BCUT2D eigenvalue weighted by atomic mass is 9.86. The van der Waals surface area contributed by atoms with Crippen molar-refractivity contribution >= 4 is 23.2 Å². The summed E-state index contributed by atoms with van der Waals surface area (Å²) in [4.78, 5) is 27.6. The van der Waals surface area contributed by atoms with Crippen LogP contribution in [0.15, 0.2) is 11.6 Å². The van der Waals surface area contributed by atoms with Gasteiger partial charge in [0.05, 0.1) is 10.9 Å². The number of thiazole rings is 1. The molecule has 0 saturated heterocycles. The maximum Gasteiger partial charge on any atom is 0.308 e. The molecular weight excluding hydrogens is 288 g/mol. The Morgan fingerprint density at radius 2 is 2.05 bits per heavy atom. The number of hydrogen-bond donors (Lipinski definition) is 2. The second kappa shape index (κ2) is 8.12. The highest BCUT2D eigenvalue weighted by atomic mass is 32.1. The molecule has 0 aromatic carbocycles. The fraction of sp³-hybridized carbons (Fsp3) is 0.667. The second-order valence-electron chi connectivity index (χ2n) is 5.54. The fourth-order valence-corrected chi connectivity index (χ4v) is 3.45. The third-order valence-corrected chi connectivity index (χ3v) is 4.82. The molecule has 6 heteroatoms. The molecule has 21 heavy (non-hydrogen) atoms. The van der Waals surface area contributed by atoms with Crippen LogP contribution in [0.2, 0.25) is 0 Å². The standard InChI is InChI=1S/C15H22N2O3S/c18-13(7-8-14-16-9-10-21-14)17-12-6-4-2-1-3-5-11(12)15(19)20/h9-12H,1-8H2,(H,17,18)(H,19,20). The van der Waals surface area contributed by atoms with Gasteiger partial charge in [-0.05, 0) is 12.8 Å². The number of carbonyl (C=O) groups is 2. The Labute approximate surface area is 128 Å². The molecule has 1 aliphatic carbocycles. The molecule has 1 amide bonds. The predicted octanol–water partition coefficient (Wildman–Crippen LogP) is 2.62. The van der Waals surface area contributed by atoms with Crippen LogP contribution in [-0.2, 0) is 16.0 Å². The summed E-state index contributed by atoms with van der Waals surface area (Å²) in [5.41, 5.74) is 0. The molecule has 1 aromatic rings. The van der Waals surface area contributed by atoms with Crippen molar-refractivity contribution in [3.8, 4) is 0 Å². The predicted molar refractivity (Wildman–Crippen MR) is 81.2 cm³/mol. The lowest BCUT2D eigenvalue weighted by Gasteiger charge is -2.27. The number of rotatable bonds is 5. The smallest absolute Gasteiger partial charge is 0.308 e. The van der Waals surface area contributed by atoms with E-state index < -0.39 is 11.9 Å². The van der Waals surface area contributed by atoms with Gasteiger partial charge in [0.1, 0.15) is 0 Å². The molecular formula is C15H22N2O3S. The van der Waals surface area contributed by atoms with Crippen LogP contribution in [0.3, 0.4) is 0 Å². The fourth-order valence-electron chi connectivity index (χ4n) is 2.83. The topological polar surface area (TPSA) is 79.3 Å². The Morgan fingerprint density at radius 1 is 1.29 bits per heavy atom. The average Bonchev–Trinajstić information content (AvgIpc) is 2.92. The van der Waals surface area contributed by atoms with Crippen LogP contribution in [0.4, 0.5) is 0 Å². The minimum atomic E-state index is -0.790. The molecule has 1 heterocycles. The van der Waals surface area contributed by atoms with E-state index in [0.29, 0.717) is 19.3 Å². The third kappa shape index (κ3) is 5.12. The van der Waals surface area contributed by atoms with Crippen LogP contribution < -0.4 is 5.32 Å². The van der Waals surface area contributed by atoms with Crippen LogP contribution in [0.25, 0.3) is 0 Å². The first kappa shape index (κ1) is 15.9. The number of nitrogens with one attached hydrogen (secondary N) is 1. The minimum absolute atomic E-state index is 0.0676. The Kier molecular flexibility index (Phi) is 6.17. The Morgan fingerprint density at radius 3 is 2.71 bits per heavy atom. The molecule has 1 aromatic heterocycles. The summed E-state index contributed by atoms with van der Waals surface area (Å²) >= 11 is 1.54. The van der Waals surface area contributed by atoms with Gasteiger partial charge < -0.3 is 10.4 Å². The molecule has 116 valence electrons. The zero-order chi connectivity index (χ0) is 15.1. The summed E-state index contributed by atoms with van der Waals surface area (Å²) in [6.07, 6.45) is 8.28. The molecule has 2 unspecified atom stereocenters. The number of hydrogen-bond acceptors (Lipinski definition) is 4. The molecule has 1 aliphatic rings. The third-order valence-electron chi connectivity index (χ3n) is 3.98. The number of carbonyl (C=O) groups excluding carboxylic acids is 1. The summed E-state index contributed by atoms with van der Waals surface area (Å²) < 4.78 is 0. The van der Waals surface area contributed by atoms with Crippen LogP contribution in [0, 0.1) is 5.92 Å². The van der Waals surface area contributed by atoms with Gasteiger partial charge in [0.15, 0.2) is 0 Å². The van der Waals surface area contributed by atoms with E-state index in [4.69, 9.17) is 0 Å². The van der Waals surface area contributed by atoms with E-state index >= 15 is 0 Å². The number of carboxylic acid groups (broad SMARTS) is 1. The van der Waals surface area contributed by atoms with E-state index in [-0.39, 0.29) is 11.9 Å². The maximum absolute atomic E-state index is 12.0. The van der Waals surface area contributed by atoms with E-state index in [1.54, 1.807) is 6.20 Å². The Hall–Kier alpha value is -1.43. The van der Waals surface area contributed by atoms with Crippen molar-refractivity contribution in [2.75, 3.05) is 0 Å². The normalized spacial score (nSPS) is 23.0.